The fourth-order valence-electron chi connectivity index (χ4n) is 3.16. The molecule has 0 saturated carbocycles. The van der Waals surface area contributed by atoms with Crippen LogP contribution in [0.15, 0.2) is 54.6 Å². The maximum Gasteiger partial charge on any atom is 0.319 e. The zero-order chi connectivity index (χ0) is 23.7. The Bertz CT molecular complexity index is 910. The summed E-state index contributed by atoms with van der Waals surface area (Å²) in [6.07, 6.45) is -0.590. The van der Waals surface area contributed by atoms with Gasteiger partial charge in [0.05, 0.1) is 46.1 Å². The van der Waals surface area contributed by atoms with Crippen LogP contribution in [-0.4, -0.2) is 66.4 Å². The predicted molar refractivity (Wildman–Crippen MR) is 119 cm³/mol. The van der Waals surface area contributed by atoms with E-state index in [2.05, 4.69) is 10.6 Å². The molecule has 0 aliphatic heterocycles. The maximum absolute atomic E-state index is 12.5. The van der Waals surface area contributed by atoms with Crippen LogP contribution in [0.5, 0.6) is 5.75 Å². The van der Waals surface area contributed by atoms with Gasteiger partial charge in [-0.1, -0.05) is 30.3 Å². The summed E-state index contributed by atoms with van der Waals surface area (Å²) in [5, 5.41) is 23.9. The van der Waals surface area contributed by atoms with E-state index < -0.39 is 36.4 Å². The molecule has 2 aromatic carbocycles. The van der Waals surface area contributed by atoms with E-state index in [1.165, 1.54) is 0 Å². The first kappa shape index (κ1) is 24.7. The van der Waals surface area contributed by atoms with Crippen molar-refractivity contribution in [2.75, 3.05) is 33.0 Å². The molecule has 0 saturated heterocycles. The van der Waals surface area contributed by atoms with Gasteiger partial charge in [0.15, 0.2) is 0 Å². The zero-order valence-corrected chi connectivity index (χ0v) is 18.4. The van der Waals surface area contributed by atoms with Crippen molar-refractivity contribution >= 4 is 23.7 Å². The molecule has 0 spiro atoms. The van der Waals surface area contributed by atoms with Crippen molar-refractivity contribution in [3.05, 3.63) is 60.2 Å². The number of carbonyl (C=O) groups is 3. The number of carboxylic acids is 2. The van der Waals surface area contributed by atoms with Gasteiger partial charge in [0.25, 0.3) is 0 Å². The summed E-state index contributed by atoms with van der Waals surface area (Å²) in [5.74, 6) is -3.14. The SMILES string of the molecule is C[N+](C)(C)C[C@H](NC(=O)Nc1ccc(OCc2ccccc2)cc1)C(CC(=O)O)C(=O)O. The lowest BCUT2D eigenvalue weighted by molar-refractivity contribution is -0.871. The summed E-state index contributed by atoms with van der Waals surface area (Å²) >= 11 is 0. The highest BCUT2D eigenvalue weighted by molar-refractivity contribution is 5.90. The Kier molecular flexibility index (Phi) is 8.60. The van der Waals surface area contributed by atoms with Gasteiger partial charge in [-0.2, -0.15) is 0 Å². The summed E-state index contributed by atoms with van der Waals surface area (Å²) in [7, 11) is 5.50. The van der Waals surface area contributed by atoms with Crippen molar-refractivity contribution in [2.24, 2.45) is 5.92 Å². The molecule has 32 heavy (non-hydrogen) atoms. The molecule has 0 heterocycles. The van der Waals surface area contributed by atoms with Crippen LogP contribution in [0, 0.1) is 5.92 Å². The molecule has 0 aliphatic carbocycles. The number of nitrogens with one attached hydrogen (secondary N) is 2. The van der Waals surface area contributed by atoms with Crippen molar-refractivity contribution in [3.8, 4) is 5.75 Å². The fraction of sp³-hybridized carbons (Fsp3) is 0.348. The van der Waals surface area contributed by atoms with Crippen molar-refractivity contribution < 1.29 is 33.8 Å². The predicted octanol–water partition coefficient (Wildman–Crippen LogP) is 2.64. The molecule has 0 aliphatic rings. The van der Waals surface area contributed by atoms with Gasteiger partial charge in [0.2, 0.25) is 0 Å². The van der Waals surface area contributed by atoms with Crippen LogP contribution < -0.4 is 15.4 Å². The van der Waals surface area contributed by atoms with Gasteiger partial charge < -0.3 is 30.1 Å². The Morgan fingerprint density at radius 2 is 1.59 bits per heavy atom. The molecule has 0 aromatic heterocycles. The van der Waals surface area contributed by atoms with Crippen molar-refractivity contribution in [1.29, 1.82) is 0 Å². The summed E-state index contributed by atoms with van der Waals surface area (Å²) < 4.78 is 6.06. The van der Waals surface area contributed by atoms with E-state index in [1.807, 2.05) is 51.5 Å². The number of amides is 2. The first-order valence-electron chi connectivity index (χ1n) is 10.1. The first-order chi connectivity index (χ1) is 15.0. The van der Waals surface area contributed by atoms with Gasteiger partial charge >= 0.3 is 18.0 Å². The number of benzene rings is 2. The maximum atomic E-state index is 12.5. The average molecular weight is 445 g/mol. The number of carboxylic acid groups (broad SMARTS) is 2. The van der Waals surface area contributed by atoms with Gasteiger partial charge in [-0.25, -0.2) is 4.79 Å². The quantitative estimate of drug-likeness (QED) is 0.395. The third-order valence-electron chi connectivity index (χ3n) is 4.62. The van der Waals surface area contributed by atoms with Crippen molar-refractivity contribution in [1.82, 2.24) is 5.32 Å². The second kappa shape index (κ2) is 11.1. The standard InChI is InChI=1S/C23H29N3O6/c1-26(2,3)14-20(19(22(29)30)13-21(27)28)25-23(31)24-17-9-11-18(12-10-17)32-15-16-7-5-4-6-8-16/h4-12,19-20H,13-15H2,1-3H3,(H3-,24,25,27,28,29,30,31)/p+1/t19?,20-/m0/s1. The minimum atomic E-state index is -1.27. The second-order valence-electron chi connectivity index (χ2n) is 8.52. The van der Waals surface area contributed by atoms with Crippen LogP contribution in [0.3, 0.4) is 0 Å². The number of nitrogens with zero attached hydrogens (tertiary/aromatic N) is 1. The van der Waals surface area contributed by atoms with Crippen molar-refractivity contribution in [2.45, 2.75) is 19.1 Å². The van der Waals surface area contributed by atoms with Crippen LogP contribution >= 0.6 is 0 Å². The number of carbonyl (C=O) groups excluding carboxylic acids is 1. The molecule has 0 bridgehead atoms. The topological polar surface area (TPSA) is 125 Å². The van der Waals surface area contributed by atoms with Crippen LogP contribution in [0.2, 0.25) is 0 Å². The van der Waals surface area contributed by atoms with Crippen LogP contribution in [0.25, 0.3) is 0 Å². The molecule has 2 aromatic rings. The molecule has 0 fully saturated rings. The molecule has 2 amide bonds. The van der Waals surface area contributed by atoms with Gasteiger partial charge in [-0.3, -0.25) is 9.59 Å². The number of hydrogen-bond donors (Lipinski definition) is 4. The molecular weight excluding hydrogens is 414 g/mol. The number of urea groups is 1. The average Bonchev–Trinajstić information content (AvgIpc) is 2.70. The Balaban J connectivity index is 2.00. The van der Waals surface area contributed by atoms with E-state index >= 15 is 0 Å². The Hall–Kier alpha value is -3.59. The highest BCUT2D eigenvalue weighted by Crippen LogP contribution is 2.18. The lowest BCUT2D eigenvalue weighted by atomic mass is 9.95. The Morgan fingerprint density at radius 1 is 0.969 bits per heavy atom. The number of ether oxygens (including phenoxy) is 1. The molecule has 1 unspecified atom stereocenters. The van der Waals surface area contributed by atoms with Crippen LogP contribution in [0.4, 0.5) is 10.5 Å². The smallest absolute Gasteiger partial charge is 0.319 e. The van der Waals surface area contributed by atoms with E-state index in [4.69, 9.17) is 9.84 Å². The van der Waals surface area contributed by atoms with Crippen molar-refractivity contribution in [3.63, 3.8) is 0 Å². The highest BCUT2D eigenvalue weighted by atomic mass is 16.5. The number of anilines is 1. The van der Waals surface area contributed by atoms with Crippen LogP contribution in [-0.2, 0) is 16.2 Å². The summed E-state index contributed by atoms with van der Waals surface area (Å²) in [6.45, 7) is 0.658. The van der Waals surface area contributed by atoms with E-state index in [1.54, 1.807) is 24.3 Å². The molecule has 0 radical (unpaired) electrons. The third-order valence-corrected chi connectivity index (χ3v) is 4.62. The van der Waals surface area contributed by atoms with Gasteiger partial charge in [0.1, 0.15) is 12.4 Å². The molecule has 2 rings (SSSR count). The fourth-order valence-corrected chi connectivity index (χ4v) is 3.16. The molecule has 2 atom stereocenters. The van der Waals surface area contributed by atoms with E-state index in [-0.39, 0.29) is 6.54 Å². The summed E-state index contributed by atoms with van der Waals surface area (Å²) in [5.41, 5.74) is 1.52. The van der Waals surface area contributed by atoms with E-state index in [0.717, 1.165) is 5.56 Å². The summed E-state index contributed by atoms with van der Waals surface area (Å²) in [4.78, 5) is 35.3. The number of rotatable bonds is 11. The minimum Gasteiger partial charge on any atom is -0.489 e. The largest absolute Gasteiger partial charge is 0.489 e. The number of likely N-dealkylation sites (N-methyl/N-ethyl adjacent to an activating group) is 1. The monoisotopic (exact) mass is 444 g/mol. The van der Waals surface area contributed by atoms with Gasteiger partial charge in [-0.15, -0.1) is 0 Å². The van der Waals surface area contributed by atoms with Gasteiger partial charge in [-0.05, 0) is 29.8 Å². The van der Waals surface area contributed by atoms with E-state index in [9.17, 15) is 19.5 Å². The first-order valence-corrected chi connectivity index (χ1v) is 10.1. The highest BCUT2D eigenvalue weighted by Gasteiger charge is 2.35. The Morgan fingerprint density at radius 3 is 2.12 bits per heavy atom. The molecule has 172 valence electrons. The van der Waals surface area contributed by atoms with Gasteiger partial charge in [0, 0.05) is 5.69 Å². The molecule has 9 nitrogen and oxygen atoms in total. The minimum absolute atomic E-state index is 0.240. The molecule has 9 heteroatoms. The normalized spacial score (nSPS) is 13.0. The second-order valence-corrected chi connectivity index (χ2v) is 8.52. The lowest BCUT2D eigenvalue weighted by Gasteiger charge is -2.32. The molecule has 4 N–H and O–H groups in total. The zero-order valence-electron chi connectivity index (χ0n) is 18.4. The van der Waals surface area contributed by atoms with E-state index in [0.29, 0.717) is 22.5 Å². The summed E-state index contributed by atoms with van der Waals surface area (Å²) in [6, 6.07) is 15.0. The number of hydrogen-bond acceptors (Lipinski definition) is 4. The number of quaternary nitrogens is 1. The Labute approximate surface area is 187 Å². The third kappa shape index (κ3) is 8.65. The van der Waals surface area contributed by atoms with Crippen LogP contribution in [0.1, 0.15) is 12.0 Å². The molecular formula is C23H30N3O6+. The lowest BCUT2D eigenvalue weighted by Crippen LogP contribution is -2.55. The number of aliphatic carboxylic acids is 2.